The SMILES string of the molecule is C[C@@H]1COCCC1c1cc(N2C3CCC2COC3)nc2c1c(C#N)nn2-c1ccn[nH]1. The van der Waals surface area contributed by atoms with Crippen molar-refractivity contribution in [2.45, 2.75) is 44.2 Å². The summed E-state index contributed by atoms with van der Waals surface area (Å²) in [5, 5.41) is 22.4. The topological polar surface area (TPSA) is 105 Å². The molecule has 3 aliphatic rings. The second kappa shape index (κ2) is 7.32. The zero-order chi connectivity index (χ0) is 20.9. The number of morpholine rings is 1. The number of nitrogens with zero attached hydrogens (tertiary/aromatic N) is 6. The molecule has 3 unspecified atom stereocenters. The highest BCUT2D eigenvalue weighted by Gasteiger charge is 2.39. The van der Waals surface area contributed by atoms with Gasteiger partial charge in [-0.1, -0.05) is 6.92 Å². The summed E-state index contributed by atoms with van der Waals surface area (Å²) in [5.74, 6) is 2.31. The second-order valence-electron chi connectivity index (χ2n) is 8.86. The van der Waals surface area contributed by atoms with E-state index in [2.05, 4.69) is 39.3 Å². The predicted octanol–water partition coefficient (Wildman–Crippen LogP) is 2.52. The molecule has 3 aliphatic heterocycles. The van der Waals surface area contributed by atoms with Gasteiger partial charge < -0.3 is 14.4 Å². The Morgan fingerprint density at radius 2 is 2.00 bits per heavy atom. The first-order valence-corrected chi connectivity index (χ1v) is 11.0. The lowest BCUT2D eigenvalue weighted by Crippen LogP contribution is -2.46. The summed E-state index contributed by atoms with van der Waals surface area (Å²) >= 11 is 0. The van der Waals surface area contributed by atoms with Gasteiger partial charge in [0, 0.05) is 19.3 Å². The van der Waals surface area contributed by atoms with Crippen molar-refractivity contribution in [3.8, 4) is 11.9 Å². The summed E-state index contributed by atoms with van der Waals surface area (Å²) in [6.07, 6.45) is 4.85. The molecule has 160 valence electrons. The van der Waals surface area contributed by atoms with Gasteiger partial charge in [0.05, 0.1) is 36.9 Å². The van der Waals surface area contributed by atoms with Crippen LogP contribution in [0.3, 0.4) is 0 Å². The van der Waals surface area contributed by atoms with Crippen molar-refractivity contribution in [1.29, 1.82) is 5.26 Å². The fraction of sp³-hybridized carbons (Fsp3) is 0.545. The Morgan fingerprint density at radius 1 is 1.16 bits per heavy atom. The molecule has 4 atom stereocenters. The van der Waals surface area contributed by atoms with Gasteiger partial charge in [0.25, 0.3) is 0 Å². The molecule has 31 heavy (non-hydrogen) atoms. The maximum atomic E-state index is 9.92. The second-order valence-corrected chi connectivity index (χ2v) is 8.86. The summed E-state index contributed by atoms with van der Waals surface area (Å²) in [4.78, 5) is 7.52. The standard InChI is InChI=1S/C22H25N7O2/c1-13-10-30-7-5-16(13)17-8-20(28-14-2-3-15(28)12-31-11-14)25-22-21(17)18(9-23)27-29(22)19-4-6-24-26-19/h4,6,8,13-16H,2-3,5,7,10-12H2,1H3,(H,24,26)/t13-,14?,15?,16?/m1/s1. The van der Waals surface area contributed by atoms with Gasteiger partial charge in [0.1, 0.15) is 11.9 Å². The number of pyridine rings is 1. The number of hydrogen-bond acceptors (Lipinski definition) is 7. The molecule has 0 saturated carbocycles. The molecular weight excluding hydrogens is 394 g/mol. The summed E-state index contributed by atoms with van der Waals surface area (Å²) in [6, 6.07) is 7.06. The molecule has 1 N–H and O–H groups in total. The van der Waals surface area contributed by atoms with Crippen LogP contribution in [0.5, 0.6) is 0 Å². The number of anilines is 1. The molecule has 0 aromatic carbocycles. The summed E-state index contributed by atoms with van der Waals surface area (Å²) < 4.78 is 13.2. The largest absolute Gasteiger partial charge is 0.381 e. The van der Waals surface area contributed by atoms with E-state index in [1.165, 1.54) is 0 Å². The number of aromatic nitrogens is 5. The van der Waals surface area contributed by atoms with Crippen LogP contribution in [-0.2, 0) is 9.47 Å². The van der Waals surface area contributed by atoms with E-state index in [4.69, 9.17) is 14.5 Å². The molecular formula is C22H25N7O2. The Bertz CT molecular complexity index is 1130. The van der Waals surface area contributed by atoms with Gasteiger partial charge in [-0.15, -0.1) is 0 Å². The lowest BCUT2D eigenvalue weighted by Gasteiger charge is -2.36. The van der Waals surface area contributed by atoms with Crippen molar-refractivity contribution >= 4 is 16.9 Å². The Morgan fingerprint density at radius 3 is 2.71 bits per heavy atom. The van der Waals surface area contributed by atoms with Gasteiger partial charge in [-0.05, 0) is 42.7 Å². The third-order valence-corrected chi connectivity index (χ3v) is 7.02. The number of rotatable bonds is 3. The van der Waals surface area contributed by atoms with E-state index in [1.54, 1.807) is 10.9 Å². The molecule has 0 radical (unpaired) electrons. The fourth-order valence-electron chi connectivity index (χ4n) is 5.51. The maximum absolute atomic E-state index is 9.92. The minimum atomic E-state index is 0.295. The third-order valence-electron chi connectivity index (χ3n) is 7.02. The van der Waals surface area contributed by atoms with Gasteiger partial charge >= 0.3 is 0 Å². The number of H-pyrrole nitrogens is 1. The minimum absolute atomic E-state index is 0.295. The van der Waals surface area contributed by atoms with Crippen molar-refractivity contribution in [3.05, 3.63) is 29.6 Å². The molecule has 9 nitrogen and oxygen atoms in total. The van der Waals surface area contributed by atoms with Crippen LogP contribution in [0.4, 0.5) is 5.82 Å². The molecule has 0 aliphatic carbocycles. The van der Waals surface area contributed by atoms with Crippen molar-refractivity contribution in [1.82, 2.24) is 25.0 Å². The van der Waals surface area contributed by atoms with Crippen LogP contribution < -0.4 is 4.90 Å². The molecule has 3 aromatic heterocycles. The number of nitriles is 1. The van der Waals surface area contributed by atoms with Crippen LogP contribution in [0.15, 0.2) is 18.3 Å². The molecule has 9 heteroatoms. The average molecular weight is 419 g/mol. The summed E-state index contributed by atoms with van der Waals surface area (Å²) in [5.41, 5.74) is 2.27. The van der Waals surface area contributed by atoms with Crippen LogP contribution in [0.1, 0.15) is 43.4 Å². The highest BCUT2D eigenvalue weighted by molar-refractivity contribution is 5.88. The molecule has 3 aromatic rings. The van der Waals surface area contributed by atoms with Crippen LogP contribution in [-0.4, -0.2) is 63.5 Å². The normalized spacial score (nSPS) is 28.2. The first kappa shape index (κ1) is 18.8. The zero-order valence-corrected chi connectivity index (χ0v) is 17.5. The first-order chi connectivity index (χ1) is 15.2. The van der Waals surface area contributed by atoms with Gasteiger partial charge in [-0.2, -0.15) is 20.1 Å². The Hall–Kier alpha value is -2.96. The van der Waals surface area contributed by atoms with Crippen molar-refractivity contribution in [3.63, 3.8) is 0 Å². The van der Waals surface area contributed by atoms with Crippen molar-refractivity contribution < 1.29 is 9.47 Å². The lowest BCUT2D eigenvalue weighted by molar-refractivity contribution is 0.0476. The zero-order valence-electron chi connectivity index (χ0n) is 17.5. The van der Waals surface area contributed by atoms with Gasteiger partial charge in [0.2, 0.25) is 0 Å². The molecule has 6 rings (SSSR count). The van der Waals surface area contributed by atoms with Crippen LogP contribution in [0.2, 0.25) is 0 Å². The van der Waals surface area contributed by atoms with Crippen LogP contribution >= 0.6 is 0 Å². The average Bonchev–Trinajstić information content (AvgIpc) is 3.50. The molecule has 0 spiro atoms. The van der Waals surface area contributed by atoms with E-state index in [0.717, 1.165) is 62.5 Å². The van der Waals surface area contributed by atoms with Gasteiger partial charge in [-0.25, -0.2) is 4.98 Å². The smallest absolute Gasteiger partial charge is 0.172 e. The Kier molecular flexibility index (Phi) is 4.44. The quantitative estimate of drug-likeness (QED) is 0.695. The van der Waals surface area contributed by atoms with E-state index in [-0.39, 0.29) is 0 Å². The fourth-order valence-corrected chi connectivity index (χ4v) is 5.51. The van der Waals surface area contributed by atoms with E-state index in [0.29, 0.717) is 41.1 Å². The number of aromatic amines is 1. The highest BCUT2D eigenvalue weighted by Crippen LogP contribution is 2.41. The van der Waals surface area contributed by atoms with Crippen LogP contribution in [0.25, 0.3) is 16.9 Å². The predicted molar refractivity (Wildman–Crippen MR) is 113 cm³/mol. The first-order valence-electron chi connectivity index (χ1n) is 11.0. The van der Waals surface area contributed by atoms with E-state index in [9.17, 15) is 5.26 Å². The summed E-state index contributed by atoms with van der Waals surface area (Å²) in [6.45, 7) is 5.15. The highest BCUT2D eigenvalue weighted by atomic mass is 16.5. The monoisotopic (exact) mass is 419 g/mol. The summed E-state index contributed by atoms with van der Waals surface area (Å²) in [7, 11) is 0. The molecule has 0 amide bonds. The van der Waals surface area contributed by atoms with E-state index >= 15 is 0 Å². The van der Waals surface area contributed by atoms with E-state index in [1.807, 2.05) is 6.07 Å². The molecule has 6 heterocycles. The van der Waals surface area contributed by atoms with Crippen LogP contribution in [0, 0.1) is 17.2 Å². The maximum Gasteiger partial charge on any atom is 0.172 e. The number of ether oxygens (including phenoxy) is 2. The number of fused-ring (bicyclic) bond motifs is 3. The number of nitrogens with one attached hydrogen (secondary N) is 1. The molecule has 3 saturated heterocycles. The minimum Gasteiger partial charge on any atom is -0.381 e. The van der Waals surface area contributed by atoms with E-state index < -0.39 is 0 Å². The van der Waals surface area contributed by atoms with Crippen molar-refractivity contribution in [2.24, 2.45) is 5.92 Å². The van der Waals surface area contributed by atoms with Gasteiger partial charge in [0.15, 0.2) is 17.2 Å². The number of hydrogen-bond donors (Lipinski definition) is 1. The molecule has 3 fully saturated rings. The van der Waals surface area contributed by atoms with Crippen molar-refractivity contribution in [2.75, 3.05) is 31.3 Å². The van der Waals surface area contributed by atoms with Gasteiger partial charge in [-0.3, -0.25) is 5.10 Å². The third kappa shape index (κ3) is 2.93. The Balaban J connectivity index is 1.60. The lowest BCUT2D eigenvalue weighted by atomic mass is 9.82. The Labute approximate surface area is 180 Å². The molecule has 2 bridgehead atoms.